The maximum Gasteiger partial charge on any atom is 0.431 e. The third kappa shape index (κ3) is 3.54. The fraction of sp³-hybridized carbons (Fsp3) is 0.267. The van der Waals surface area contributed by atoms with Gasteiger partial charge in [0.25, 0.3) is 0 Å². The minimum absolute atomic E-state index is 0.479. The number of hydrogen-bond acceptors (Lipinski definition) is 4. The topological polar surface area (TPSA) is 59.6 Å². The van der Waals surface area contributed by atoms with Gasteiger partial charge in [0.1, 0.15) is 18.1 Å². The van der Waals surface area contributed by atoms with Crippen LogP contribution in [0.5, 0.6) is 0 Å². The molecule has 1 aromatic carbocycles. The van der Waals surface area contributed by atoms with Crippen LogP contribution in [0, 0.1) is 0 Å². The standard InChI is InChI=1S/C15H18N2O3/c1-11-8-9-13(17-20-15(18)16-2)14(11)19-10-12-6-4-3-5-7-12/h3-7,9,17H,8,10H2,1-2H3,(H,16,18). The molecule has 0 aromatic heterocycles. The lowest BCUT2D eigenvalue weighted by Gasteiger charge is -2.13. The molecule has 2 N–H and O–H groups in total. The third-order valence-corrected chi connectivity index (χ3v) is 2.93. The van der Waals surface area contributed by atoms with Crippen molar-refractivity contribution in [1.29, 1.82) is 0 Å². The van der Waals surface area contributed by atoms with E-state index in [4.69, 9.17) is 9.57 Å². The van der Waals surface area contributed by atoms with E-state index in [0.717, 1.165) is 23.3 Å². The number of carbonyl (C=O) groups excluding carboxylic acids is 1. The highest BCUT2D eigenvalue weighted by atomic mass is 16.7. The second kappa shape index (κ2) is 6.65. The Labute approximate surface area is 118 Å². The number of benzene rings is 1. The highest BCUT2D eigenvalue weighted by Gasteiger charge is 2.18. The van der Waals surface area contributed by atoms with Gasteiger partial charge in [0.15, 0.2) is 0 Å². The number of carbonyl (C=O) groups is 1. The number of hydrogen-bond donors (Lipinski definition) is 2. The van der Waals surface area contributed by atoms with E-state index in [1.807, 2.05) is 43.3 Å². The molecule has 1 aliphatic rings. The van der Waals surface area contributed by atoms with Crippen molar-refractivity contribution in [3.8, 4) is 0 Å². The van der Waals surface area contributed by atoms with E-state index in [0.29, 0.717) is 12.3 Å². The van der Waals surface area contributed by atoms with Gasteiger partial charge in [-0.3, -0.25) is 0 Å². The van der Waals surface area contributed by atoms with Crippen molar-refractivity contribution in [2.75, 3.05) is 7.05 Å². The maximum atomic E-state index is 11.1. The number of nitrogens with one attached hydrogen (secondary N) is 2. The van der Waals surface area contributed by atoms with Gasteiger partial charge in [-0.25, -0.2) is 10.3 Å². The minimum atomic E-state index is -0.544. The molecular formula is C15H18N2O3. The first kappa shape index (κ1) is 14.0. The Morgan fingerprint density at radius 1 is 1.30 bits per heavy atom. The van der Waals surface area contributed by atoms with Gasteiger partial charge in [-0.2, -0.15) is 0 Å². The molecule has 20 heavy (non-hydrogen) atoms. The van der Waals surface area contributed by atoms with Crippen molar-refractivity contribution in [3.63, 3.8) is 0 Å². The van der Waals surface area contributed by atoms with Crippen LogP contribution >= 0.6 is 0 Å². The quantitative estimate of drug-likeness (QED) is 0.810. The predicted octanol–water partition coefficient (Wildman–Crippen LogP) is 2.63. The molecule has 0 atom stereocenters. The Balaban J connectivity index is 1.93. The fourth-order valence-electron chi connectivity index (χ4n) is 1.84. The smallest absolute Gasteiger partial charge is 0.431 e. The van der Waals surface area contributed by atoms with E-state index < -0.39 is 6.09 Å². The van der Waals surface area contributed by atoms with E-state index in [-0.39, 0.29) is 0 Å². The number of ether oxygens (including phenoxy) is 1. The zero-order chi connectivity index (χ0) is 14.4. The van der Waals surface area contributed by atoms with Crippen LogP contribution in [0.15, 0.2) is 53.4 Å². The average Bonchev–Trinajstić information content (AvgIpc) is 2.84. The Bertz CT molecular complexity index is 535. The second-order valence-corrected chi connectivity index (χ2v) is 4.45. The van der Waals surface area contributed by atoms with E-state index in [1.165, 1.54) is 7.05 Å². The summed E-state index contributed by atoms with van der Waals surface area (Å²) in [5, 5.41) is 2.37. The van der Waals surface area contributed by atoms with Crippen molar-refractivity contribution in [3.05, 3.63) is 59.0 Å². The van der Waals surface area contributed by atoms with Crippen molar-refractivity contribution >= 4 is 6.09 Å². The Morgan fingerprint density at radius 3 is 2.75 bits per heavy atom. The number of amides is 1. The van der Waals surface area contributed by atoms with Crippen LogP contribution in [0.25, 0.3) is 0 Å². The SMILES string of the molecule is CNC(=O)ONC1=CCC(C)=C1OCc1ccccc1. The van der Waals surface area contributed by atoms with Gasteiger partial charge in [0.05, 0.1) is 0 Å². The molecule has 106 valence electrons. The molecule has 0 saturated heterocycles. The molecule has 5 nitrogen and oxygen atoms in total. The zero-order valence-electron chi connectivity index (χ0n) is 11.6. The second-order valence-electron chi connectivity index (χ2n) is 4.45. The summed E-state index contributed by atoms with van der Waals surface area (Å²) in [6.07, 6.45) is 2.17. The maximum absolute atomic E-state index is 11.1. The van der Waals surface area contributed by atoms with Crippen molar-refractivity contribution in [2.24, 2.45) is 0 Å². The first-order valence-corrected chi connectivity index (χ1v) is 6.42. The monoisotopic (exact) mass is 274 g/mol. The number of allylic oxidation sites excluding steroid dienone is 2. The summed E-state index contributed by atoms with van der Waals surface area (Å²) in [6, 6.07) is 9.91. The third-order valence-electron chi connectivity index (χ3n) is 2.93. The average molecular weight is 274 g/mol. The van der Waals surface area contributed by atoms with E-state index in [1.54, 1.807) is 0 Å². The summed E-state index contributed by atoms with van der Waals surface area (Å²) in [5.41, 5.74) is 5.49. The molecule has 5 heteroatoms. The van der Waals surface area contributed by atoms with Crippen molar-refractivity contribution in [2.45, 2.75) is 20.0 Å². The lowest BCUT2D eigenvalue weighted by molar-refractivity contribution is 0.100. The zero-order valence-corrected chi connectivity index (χ0v) is 11.6. The summed E-state index contributed by atoms with van der Waals surface area (Å²) in [6.45, 7) is 2.47. The van der Waals surface area contributed by atoms with Crippen LogP contribution in [0.2, 0.25) is 0 Å². The molecule has 0 fully saturated rings. The van der Waals surface area contributed by atoms with Crippen LogP contribution < -0.4 is 10.8 Å². The van der Waals surface area contributed by atoms with E-state index >= 15 is 0 Å². The molecule has 0 aliphatic heterocycles. The fourth-order valence-corrected chi connectivity index (χ4v) is 1.84. The lowest BCUT2D eigenvalue weighted by atomic mass is 10.2. The van der Waals surface area contributed by atoms with Crippen LogP contribution in [0.1, 0.15) is 18.9 Å². The van der Waals surface area contributed by atoms with Crippen LogP contribution in [-0.2, 0) is 16.2 Å². The molecular weight excluding hydrogens is 256 g/mol. The number of rotatable bonds is 5. The number of hydroxylamine groups is 1. The Morgan fingerprint density at radius 2 is 2.05 bits per heavy atom. The Hall–Kier alpha value is -2.43. The summed E-state index contributed by atoms with van der Waals surface area (Å²) >= 11 is 0. The first-order valence-electron chi connectivity index (χ1n) is 6.42. The van der Waals surface area contributed by atoms with Gasteiger partial charge >= 0.3 is 6.09 Å². The van der Waals surface area contributed by atoms with Crippen LogP contribution in [-0.4, -0.2) is 13.1 Å². The van der Waals surface area contributed by atoms with E-state index in [2.05, 4.69) is 10.8 Å². The van der Waals surface area contributed by atoms with Gasteiger partial charge < -0.3 is 14.9 Å². The highest BCUT2D eigenvalue weighted by Crippen LogP contribution is 2.26. The molecule has 0 bridgehead atoms. The molecule has 0 radical (unpaired) electrons. The van der Waals surface area contributed by atoms with Gasteiger partial charge in [-0.05, 0) is 30.6 Å². The van der Waals surface area contributed by atoms with Crippen molar-refractivity contribution in [1.82, 2.24) is 10.8 Å². The first-order chi connectivity index (χ1) is 9.70. The molecule has 1 aromatic rings. The lowest BCUT2D eigenvalue weighted by Crippen LogP contribution is -2.27. The molecule has 0 heterocycles. The van der Waals surface area contributed by atoms with Gasteiger partial charge in [-0.1, -0.05) is 30.3 Å². The molecule has 0 unspecified atom stereocenters. The van der Waals surface area contributed by atoms with Crippen LogP contribution in [0.3, 0.4) is 0 Å². The van der Waals surface area contributed by atoms with Gasteiger partial charge in [-0.15, -0.1) is 0 Å². The van der Waals surface area contributed by atoms with Gasteiger partial charge in [0, 0.05) is 7.05 Å². The molecule has 1 amide bonds. The molecule has 0 saturated carbocycles. The summed E-state index contributed by atoms with van der Waals surface area (Å²) in [7, 11) is 1.50. The van der Waals surface area contributed by atoms with E-state index in [9.17, 15) is 4.79 Å². The highest BCUT2D eigenvalue weighted by molar-refractivity contribution is 5.66. The summed E-state index contributed by atoms with van der Waals surface area (Å²) in [4.78, 5) is 15.9. The summed E-state index contributed by atoms with van der Waals surface area (Å²) < 4.78 is 5.82. The largest absolute Gasteiger partial charge is 0.487 e. The molecule has 0 spiro atoms. The minimum Gasteiger partial charge on any atom is -0.487 e. The normalized spacial score (nSPS) is 13.8. The van der Waals surface area contributed by atoms with Crippen molar-refractivity contribution < 1.29 is 14.4 Å². The molecule has 2 rings (SSSR count). The van der Waals surface area contributed by atoms with Crippen LogP contribution in [0.4, 0.5) is 4.79 Å². The summed E-state index contributed by atoms with van der Waals surface area (Å²) in [5.74, 6) is 0.734. The predicted molar refractivity (Wildman–Crippen MR) is 75.3 cm³/mol. The Kier molecular flexibility index (Phi) is 4.65. The molecule has 1 aliphatic carbocycles. The van der Waals surface area contributed by atoms with Gasteiger partial charge in [0.2, 0.25) is 0 Å².